The summed E-state index contributed by atoms with van der Waals surface area (Å²) in [5.41, 5.74) is 1.05. The normalized spacial score (nSPS) is 10.4. The average molecular weight is 317 g/mol. The summed E-state index contributed by atoms with van der Waals surface area (Å²) in [4.78, 5) is 1.39. The fourth-order valence-electron chi connectivity index (χ4n) is 1.41. The van der Waals surface area contributed by atoms with Crippen molar-refractivity contribution in [2.24, 2.45) is 0 Å². The lowest BCUT2D eigenvalue weighted by Gasteiger charge is -2.08. The third-order valence-electron chi connectivity index (χ3n) is 2.20. The first-order valence-corrected chi connectivity index (χ1v) is 7.02. The molecule has 0 aliphatic heterocycles. The predicted molar refractivity (Wildman–Crippen MR) is 75.7 cm³/mol. The van der Waals surface area contributed by atoms with Crippen molar-refractivity contribution in [2.75, 3.05) is 11.9 Å². The van der Waals surface area contributed by atoms with E-state index < -0.39 is 0 Å². The Balaban J connectivity index is 1.92. The number of anilines is 1. The van der Waals surface area contributed by atoms with E-state index in [4.69, 9.17) is 11.6 Å². The SMILES string of the molecule is Clc1ccc(Br)c(NCCc2cccs2)c1. The van der Waals surface area contributed by atoms with Gasteiger partial charge in [-0.15, -0.1) is 11.3 Å². The van der Waals surface area contributed by atoms with Crippen LogP contribution in [0.4, 0.5) is 5.69 Å². The molecule has 0 fully saturated rings. The third-order valence-corrected chi connectivity index (χ3v) is 4.06. The van der Waals surface area contributed by atoms with Crippen LogP contribution >= 0.6 is 38.9 Å². The molecule has 1 aromatic heterocycles. The first-order valence-electron chi connectivity index (χ1n) is 4.97. The van der Waals surface area contributed by atoms with Gasteiger partial charge in [-0.1, -0.05) is 17.7 Å². The fraction of sp³-hybridized carbons (Fsp3) is 0.167. The summed E-state index contributed by atoms with van der Waals surface area (Å²) < 4.78 is 1.04. The summed E-state index contributed by atoms with van der Waals surface area (Å²) >= 11 is 11.2. The quantitative estimate of drug-likeness (QED) is 0.853. The molecule has 2 aromatic rings. The number of halogens is 2. The van der Waals surface area contributed by atoms with Gasteiger partial charge in [-0.3, -0.25) is 0 Å². The maximum Gasteiger partial charge on any atom is 0.0499 e. The number of hydrogen-bond acceptors (Lipinski definition) is 2. The topological polar surface area (TPSA) is 12.0 Å². The molecule has 0 bridgehead atoms. The zero-order chi connectivity index (χ0) is 11.4. The first kappa shape index (κ1) is 12.0. The summed E-state index contributed by atoms with van der Waals surface area (Å²) in [5, 5.41) is 6.22. The highest BCUT2D eigenvalue weighted by Crippen LogP contribution is 2.25. The Morgan fingerprint density at radius 1 is 1.31 bits per heavy atom. The largest absolute Gasteiger partial charge is 0.384 e. The number of benzene rings is 1. The highest BCUT2D eigenvalue weighted by molar-refractivity contribution is 9.10. The van der Waals surface area contributed by atoms with Gasteiger partial charge in [-0.05, 0) is 52.0 Å². The van der Waals surface area contributed by atoms with Gasteiger partial charge in [0.05, 0.1) is 0 Å². The molecule has 1 heterocycles. The molecule has 0 spiro atoms. The van der Waals surface area contributed by atoms with Gasteiger partial charge in [0, 0.05) is 26.6 Å². The molecule has 0 unspecified atom stereocenters. The van der Waals surface area contributed by atoms with Gasteiger partial charge >= 0.3 is 0 Å². The standard InChI is InChI=1S/C12H11BrClNS/c13-11-4-3-9(14)8-12(11)15-6-5-10-2-1-7-16-10/h1-4,7-8,15H,5-6H2. The van der Waals surface area contributed by atoms with E-state index in [1.165, 1.54) is 4.88 Å². The summed E-state index contributed by atoms with van der Waals surface area (Å²) in [5.74, 6) is 0. The summed E-state index contributed by atoms with van der Waals surface area (Å²) in [6.45, 7) is 0.916. The van der Waals surface area contributed by atoms with Gasteiger partial charge in [-0.25, -0.2) is 0 Å². The second kappa shape index (κ2) is 5.71. The Morgan fingerprint density at radius 3 is 2.94 bits per heavy atom. The van der Waals surface area contributed by atoms with Crippen molar-refractivity contribution in [1.82, 2.24) is 0 Å². The summed E-state index contributed by atoms with van der Waals surface area (Å²) in [7, 11) is 0. The zero-order valence-electron chi connectivity index (χ0n) is 8.54. The van der Waals surface area contributed by atoms with Crippen molar-refractivity contribution in [3.05, 3.63) is 50.1 Å². The molecule has 0 amide bonds. The second-order valence-electron chi connectivity index (χ2n) is 3.38. The minimum atomic E-state index is 0.752. The molecular formula is C12H11BrClNS. The molecule has 0 atom stereocenters. The van der Waals surface area contributed by atoms with Crippen molar-refractivity contribution in [2.45, 2.75) is 6.42 Å². The highest BCUT2D eigenvalue weighted by Gasteiger charge is 2.00. The average Bonchev–Trinajstić information content (AvgIpc) is 2.76. The van der Waals surface area contributed by atoms with Crippen LogP contribution in [0.5, 0.6) is 0 Å². The lowest BCUT2D eigenvalue weighted by molar-refractivity contribution is 1.04. The van der Waals surface area contributed by atoms with E-state index in [9.17, 15) is 0 Å². The van der Waals surface area contributed by atoms with E-state index in [1.807, 2.05) is 18.2 Å². The van der Waals surface area contributed by atoms with Crippen molar-refractivity contribution < 1.29 is 0 Å². The van der Waals surface area contributed by atoms with Crippen LogP contribution in [-0.4, -0.2) is 6.54 Å². The van der Waals surface area contributed by atoms with Crippen molar-refractivity contribution >= 4 is 44.6 Å². The smallest absolute Gasteiger partial charge is 0.0499 e. The van der Waals surface area contributed by atoms with E-state index in [0.717, 1.165) is 28.1 Å². The van der Waals surface area contributed by atoms with Gasteiger partial charge in [0.1, 0.15) is 0 Å². The lowest BCUT2D eigenvalue weighted by atomic mass is 10.3. The van der Waals surface area contributed by atoms with E-state index in [1.54, 1.807) is 11.3 Å². The number of rotatable bonds is 4. The molecule has 0 aliphatic carbocycles. The minimum absolute atomic E-state index is 0.752. The van der Waals surface area contributed by atoms with Crippen LogP contribution in [-0.2, 0) is 6.42 Å². The molecular weight excluding hydrogens is 306 g/mol. The molecule has 2 rings (SSSR count). The van der Waals surface area contributed by atoms with E-state index in [-0.39, 0.29) is 0 Å². The van der Waals surface area contributed by atoms with Crippen molar-refractivity contribution in [1.29, 1.82) is 0 Å². The Hall–Kier alpha value is -0.510. The lowest BCUT2D eigenvalue weighted by Crippen LogP contribution is -2.04. The Morgan fingerprint density at radius 2 is 2.19 bits per heavy atom. The first-order chi connectivity index (χ1) is 7.75. The van der Waals surface area contributed by atoms with Gasteiger partial charge in [0.15, 0.2) is 0 Å². The van der Waals surface area contributed by atoms with Crippen LogP contribution in [0.1, 0.15) is 4.88 Å². The Labute approximate surface area is 113 Å². The number of nitrogens with one attached hydrogen (secondary N) is 1. The van der Waals surface area contributed by atoms with E-state index in [2.05, 4.69) is 38.8 Å². The molecule has 0 saturated heterocycles. The van der Waals surface area contributed by atoms with E-state index in [0.29, 0.717) is 0 Å². The third kappa shape index (κ3) is 3.24. The maximum atomic E-state index is 5.94. The van der Waals surface area contributed by atoms with Crippen LogP contribution in [0.2, 0.25) is 5.02 Å². The molecule has 0 aliphatic rings. The van der Waals surface area contributed by atoms with E-state index >= 15 is 0 Å². The highest BCUT2D eigenvalue weighted by atomic mass is 79.9. The van der Waals surface area contributed by atoms with Crippen molar-refractivity contribution in [3.8, 4) is 0 Å². The molecule has 1 nitrogen and oxygen atoms in total. The van der Waals surface area contributed by atoms with Gasteiger partial charge < -0.3 is 5.32 Å². The number of thiophene rings is 1. The molecule has 0 radical (unpaired) electrons. The van der Waals surface area contributed by atoms with Crippen LogP contribution < -0.4 is 5.32 Å². The van der Waals surface area contributed by atoms with Gasteiger partial charge in [0.2, 0.25) is 0 Å². The fourth-order valence-corrected chi connectivity index (χ4v) is 2.68. The van der Waals surface area contributed by atoms with Crippen LogP contribution in [0.15, 0.2) is 40.2 Å². The molecule has 1 N–H and O–H groups in total. The Bertz CT molecular complexity index is 456. The maximum absolute atomic E-state index is 5.94. The van der Waals surface area contributed by atoms with Crippen LogP contribution in [0.3, 0.4) is 0 Å². The molecule has 0 saturated carbocycles. The summed E-state index contributed by atoms with van der Waals surface area (Å²) in [6, 6.07) is 9.99. The van der Waals surface area contributed by atoms with Gasteiger partial charge in [-0.2, -0.15) is 0 Å². The molecule has 4 heteroatoms. The molecule has 16 heavy (non-hydrogen) atoms. The monoisotopic (exact) mass is 315 g/mol. The summed E-state index contributed by atoms with van der Waals surface area (Å²) in [6.07, 6.45) is 1.04. The molecule has 84 valence electrons. The zero-order valence-corrected chi connectivity index (χ0v) is 11.7. The minimum Gasteiger partial charge on any atom is -0.384 e. The molecule has 1 aromatic carbocycles. The second-order valence-corrected chi connectivity index (χ2v) is 5.70. The van der Waals surface area contributed by atoms with Gasteiger partial charge in [0.25, 0.3) is 0 Å². The van der Waals surface area contributed by atoms with Crippen LogP contribution in [0, 0.1) is 0 Å². The predicted octanol–water partition coefficient (Wildman–Crippen LogP) is 4.82. The number of hydrogen-bond donors (Lipinski definition) is 1. The van der Waals surface area contributed by atoms with Crippen LogP contribution in [0.25, 0.3) is 0 Å². The Kier molecular flexibility index (Phi) is 4.27. The van der Waals surface area contributed by atoms with Crippen molar-refractivity contribution in [3.63, 3.8) is 0 Å².